The lowest BCUT2D eigenvalue weighted by Crippen LogP contribution is -1.93. The molecule has 0 aliphatic rings. The van der Waals surface area contributed by atoms with Gasteiger partial charge in [0.25, 0.3) is 0 Å². The highest BCUT2D eigenvalue weighted by Gasteiger charge is 2.02. The molecule has 0 saturated carbocycles. The van der Waals surface area contributed by atoms with Crippen molar-refractivity contribution in [2.45, 2.75) is 26.2 Å². The van der Waals surface area contributed by atoms with Crippen LogP contribution in [-0.2, 0) is 0 Å². The maximum atomic E-state index is 4.05. The molecule has 1 atom stereocenters. The van der Waals surface area contributed by atoms with Crippen molar-refractivity contribution in [3.05, 3.63) is 22.7 Å². The highest BCUT2D eigenvalue weighted by Crippen LogP contribution is 2.16. The molecule has 3 heteroatoms. The predicted molar refractivity (Wildman–Crippen MR) is 48.4 cm³/mol. The molecule has 0 bridgehead atoms. The zero-order valence-electron chi connectivity index (χ0n) is 6.71. The van der Waals surface area contributed by atoms with Crippen LogP contribution in [0.1, 0.15) is 31.7 Å². The Hall–Kier alpha value is -0.440. The first-order valence-corrected chi connectivity index (χ1v) is 4.50. The molecule has 0 N–H and O–H groups in total. The molecule has 1 heterocycles. The third-order valence-corrected chi connectivity index (χ3v) is 2.23. The molecule has 1 aromatic rings. The Morgan fingerprint density at radius 1 is 1.45 bits per heavy atom. The first-order valence-electron chi connectivity index (χ1n) is 3.71. The van der Waals surface area contributed by atoms with Crippen molar-refractivity contribution in [1.82, 2.24) is 9.97 Å². The maximum Gasteiger partial charge on any atom is 0.196 e. The van der Waals surface area contributed by atoms with Gasteiger partial charge in [-0.05, 0) is 33.8 Å². The molecule has 2 nitrogen and oxygen atoms in total. The van der Waals surface area contributed by atoms with Crippen LogP contribution in [0.25, 0.3) is 0 Å². The van der Waals surface area contributed by atoms with Crippen LogP contribution in [0.5, 0.6) is 0 Å². The number of nitrogens with zero attached hydrogens (tertiary/aromatic N) is 2. The molecule has 0 aromatic carbocycles. The Balaban J connectivity index is 2.81. The van der Waals surface area contributed by atoms with E-state index in [1.807, 2.05) is 12.4 Å². The van der Waals surface area contributed by atoms with Gasteiger partial charge in [0.2, 0.25) is 0 Å². The Kier molecular flexibility index (Phi) is 3.00. The van der Waals surface area contributed by atoms with Gasteiger partial charge in [0.1, 0.15) is 0 Å². The van der Waals surface area contributed by atoms with E-state index in [0.717, 1.165) is 6.42 Å². The SMILES string of the molecule is CCC(C)c1cnc(Br)nc1. The van der Waals surface area contributed by atoms with E-state index in [1.165, 1.54) is 5.56 Å². The number of hydrogen-bond acceptors (Lipinski definition) is 2. The summed E-state index contributed by atoms with van der Waals surface area (Å²) >= 11 is 3.19. The molecule has 1 unspecified atom stereocenters. The van der Waals surface area contributed by atoms with Gasteiger partial charge in [0, 0.05) is 12.4 Å². The van der Waals surface area contributed by atoms with E-state index < -0.39 is 0 Å². The molecular weight excluding hydrogens is 204 g/mol. The lowest BCUT2D eigenvalue weighted by molar-refractivity contribution is 0.722. The number of aromatic nitrogens is 2. The van der Waals surface area contributed by atoms with Crippen LogP contribution in [0.4, 0.5) is 0 Å². The van der Waals surface area contributed by atoms with Crippen molar-refractivity contribution in [1.29, 1.82) is 0 Å². The standard InChI is InChI=1S/C8H11BrN2/c1-3-6(2)7-4-10-8(9)11-5-7/h4-6H,3H2,1-2H3. The minimum atomic E-state index is 0.558. The Labute approximate surface area is 75.2 Å². The summed E-state index contributed by atoms with van der Waals surface area (Å²) in [5.74, 6) is 0.558. The normalized spacial score (nSPS) is 13.0. The summed E-state index contributed by atoms with van der Waals surface area (Å²) in [6.45, 7) is 4.33. The van der Waals surface area contributed by atoms with Crippen molar-refractivity contribution in [3.8, 4) is 0 Å². The third-order valence-electron chi connectivity index (χ3n) is 1.82. The summed E-state index contributed by atoms with van der Waals surface area (Å²) in [5, 5.41) is 0. The van der Waals surface area contributed by atoms with E-state index in [4.69, 9.17) is 0 Å². The topological polar surface area (TPSA) is 25.8 Å². The van der Waals surface area contributed by atoms with Crippen LogP contribution in [0.3, 0.4) is 0 Å². The van der Waals surface area contributed by atoms with Crippen LogP contribution >= 0.6 is 15.9 Å². The summed E-state index contributed by atoms with van der Waals surface area (Å²) in [7, 11) is 0. The molecule has 0 fully saturated rings. The highest BCUT2D eigenvalue weighted by molar-refractivity contribution is 9.10. The van der Waals surface area contributed by atoms with Gasteiger partial charge in [-0.1, -0.05) is 13.8 Å². The first-order chi connectivity index (χ1) is 5.24. The highest BCUT2D eigenvalue weighted by atomic mass is 79.9. The average Bonchev–Trinajstić information content (AvgIpc) is 2.05. The Morgan fingerprint density at radius 2 is 2.00 bits per heavy atom. The quantitative estimate of drug-likeness (QED) is 0.709. The van der Waals surface area contributed by atoms with Gasteiger partial charge in [-0.3, -0.25) is 0 Å². The Morgan fingerprint density at radius 3 is 2.45 bits per heavy atom. The summed E-state index contributed by atoms with van der Waals surface area (Å²) in [6.07, 6.45) is 4.86. The zero-order chi connectivity index (χ0) is 8.27. The lowest BCUT2D eigenvalue weighted by atomic mass is 10.0. The minimum absolute atomic E-state index is 0.558. The lowest BCUT2D eigenvalue weighted by Gasteiger charge is -2.06. The molecule has 11 heavy (non-hydrogen) atoms. The second kappa shape index (κ2) is 3.81. The molecular formula is C8H11BrN2. The van der Waals surface area contributed by atoms with Gasteiger partial charge in [-0.15, -0.1) is 0 Å². The van der Waals surface area contributed by atoms with Gasteiger partial charge in [-0.2, -0.15) is 0 Å². The van der Waals surface area contributed by atoms with E-state index in [0.29, 0.717) is 10.7 Å². The second-order valence-electron chi connectivity index (χ2n) is 2.59. The van der Waals surface area contributed by atoms with E-state index in [2.05, 4.69) is 39.7 Å². The first kappa shape index (κ1) is 8.65. The summed E-state index contributed by atoms with van der Waals surface area (Å²) in [6, 6.07) is 0. The van der Waals surface area contributed by atoms with E-state index in [9.17, 15) is 0 Å². The molecule has 60 valence electrons. The fourth-order valence-electron chi connectivity index (χ4n) is 0.812. The van der Waals surface area contributed by atoms with Gasteiger partial charge < -0.3 is 0 Å². The van der Waals surface area contributed by atoms with Crippen LogP contribution < -0.4 is 0 Å². The zero-order valence-corrected chi connectivity index (χ0v) is 8.30. The molecule has 0 saturated heterocycles. The summed E-state index contributed by atoms with van der Waals surface area (Å²) < 4.78 is 0.657. The van der Waals surface area contributed by atoms with Crippen LogP contribution in [0.15, 0.2) is 17.1 Å². The maximum absolute atomic E-state index is 4.05. The van der Waals surface area contributed by atoms with Crippen LogP contribution in [0, 0.1) is 0 Å². The molecule has 0 spiro atoms. The van der Waals surface area contributed by atoms with E-state index in [1.54, 1.807) is 0 Å². The molecule has 0 radical (unpaired) electrons. The molecule has 1 rings (SSSR count). The summed E-state index contributed by atoms with van der Waals surface area (Å²) in [5.41, 5.74) is 1.20. The van der Waals surface area contributed by atoms with Gasteiger partial charge >= 0.3 is 0 Å². The van der Waals surface area contributed by atoms with Crippen molar-refractivity contribution < 1.29 is 0 Å². The fraction of sp³-hybridized carbons (Fsp3) is 0.500. The summed E-state index contributed by atoms with van der Waals surface area (Å²) in [4.78, 5) is 8.11. The minimum Gasteiger partial charge on any atom is -0.230 e. The van der Waals surface area contributed by atoms with Crippen molar-refractivity contribution in [2.75, 3.05) is 0 Å². The predicted octanol–water partition coefficient (Wildman–Crippen LogP) is 2.75. The largest absolute Gasteiger partial charge is 0.230 e. The fourth-order valence-corrected chi connectivity index (χ4v) is 1.02. The smallest absolute Gasteiger partial charge is 0.196 e. The van der Waals surface area contributed by atoms with Gasteiger partial charge in [-0.25, -0.2) is 9.97 Å². The monoisotopic (exact) mass is 214 g/mol. The van der Waals surface area contributed by atoms with Crippen LogP contribution in [0.2, 0.25) is 0 Å². The second-order valence-corrected chi connectivity index (χ2v) is 3.30. The van der Waals surface area contributed by atoms with E-state index in [-0.39, 0.29) is 0 Å². The number of halogens is 1. The van der Waals surface area contributed by atoms with E-state index >= 15 is 0 Å². The van der Waals surface area contributed by atoms with Gasteiger partial charge in [0.15, 0.2) is 4.73 Å². The number of rotatable bonds is 2. The average molecular weight is 215 g/mol. The molecule has 0 aliphatic heterocycles. The van der Waals surface area contributed by atoms with Crippen LogP contribution in [-0.4, -0.2) is 9.97 Å². The molecule has 1 aromatic heterocycles. The number of hydrogen-bond donors (Lipinski definition) is 0. The van der Waals surface area contributed by atoms with Crippen molar-refractivity contribution in [3.63, 3.8) is 0 Å². The molecule has 0 amide bonds. The molecule has 0 aliphatic carbocycles. The van der Waals surface area contributed by atoms with Crippen molar-refractivity contribution >= 4 is 15.9 Å². The van der Waals surface area contributed by atoms with Crippen molar-refractivity contribution in [2.24, 2.45) is 0 Å². The third kappa shape index (κ3) is 2.26. The van der Waals surface area contributed by atoms with Gasteiger partial charge in [0.05, 0.1) is 0 Å². The Bertz CT molecular complexity index is 220.